The van der Waals surface area contributed by atoms with Crippen molar-refractivity contribution >= 4 is 28.8 Å². The van der Waals surface area contributed by atoms with Gasteiger partial charge in [-0.15, -0.1) is 11.3 Å². The van der Waals surface area contributed by atoms with Gasteiger partial charge in [-0.1, -0.05) is 19.1 Å². The number of hydrogen-bond donors (Lipinski definition) is 2. The second kappa shape index (κ2) is 8.59. The first-order valence-corrected chi connectivity index (χ1v) is 9.54. The molecule has 2 amide bonds. The molecule has 8 heteroatoms. The Morgan fingerprint density at radius 3 is 2.89 bits per heavy atom. The Bertz CT molecular complexity index is 947. The number of nitrogens with one attached hydrogen (secondary N) is 2. The fourth-order valence-electron chi connectivity index (χ4n) is 2.52. The van der Waals surface area contributed by atoms with Crippen molar-refractivity contribution in [2.24, 2.45) is 7.05 Å². The molecule has 0 radical (unpaired) electrons. The third-order valence-corrected chi connectivity index (χ3v) is 4.72. The van der Waals surface area contributed by atoms with Gasteiger partial charge in [0.2, 0.25) is 5.91 Å². The molecule has 0 unspecified atom stereocenters. The Balaban J connectivity index is 1.59. The van der Waals surface area contributed by atoms with Gasteiger partial charge in [-0.05, 0) is 24.1 Å². The Labute approximate surface area is 161 Å². The molecule has 2 heterocycles. The largest absolute Gasteiger partial charge is 0.347 e. The van der Waals surface area contributed by atoms with Crippen molar-refractivity contribution in [3.63, 3.8) is 0 Å². The minimum absolute atomic E-state index is 0.0101. The molecule has 0 saturated heterocycles. The molecule has 3 aromatic rings. The van der Waals surface area contributed by atoms with Crippen molar-refractivity contribution < 1.29 is 9.59 Å². The van der Waals surface area contributed by atoms with Crippen molar-refractivity contribution in [3.8, 4) is 10.6 Å². The van der Waals surface area contributed by atoms with Crippen LogP contribution in [0.15, 0.2) is 42.0 Å². The van der Waals surface area contributed by atoms with E-state index in [-0.39, 0.29) is 11.8 Å². The van der Waals surface area contributed by atoms with E-state index in [2.05, 4.69) is 20.7 Å². The highest BCUT2D eigenvalue weighted by atomic mass is 32.1. The molecule has 0 fully saturated rings. The summed E-state index contributed by atoms with van der Waals surface area (Å²) < 4.78 is 1.70. The molecule has 140 valence electrons. The molecule has 2 aromatic heterocycles. The standard InChI is InChI=1S/C19H21N5O2S/c1-3-5-17(25)22-15-7-4-6-13(8-15)9-20-18(26)16-12-27-19(23-16)14-10-21-24(2)11-14/h4,6-8,10-12H,3,5,9H2,1-2H3,(H,20,26)(H,22,25). The van der Waals surface area contributed by atoms with E-state index in [1.54, 1.807) is 16.3 Å². The molecule has 1 aromatic carbocycles. The van der Waals surface area contributed by atoms with Crippen LogP contribution in [0.5, 0.6) is 0 Å². The lowest BCUT2D eigenvalue weighted by molar-refractivity contribution is -0.116. The van der Waals surface area contributed by atoms with Crippen LogP contribution in [0.4, 0.5) is 5.69 Å². The topological polar surface area (TPSA) is 88.9 Å². The molecule has 0 spiro atoms. The summed E-state index contributed by atoms with van der Waals surface area (Å²) in [6.07, 6.45) is 4.87. The van der Waals surface area contributed by atoms with Crippen LogP contribution < -0.4 is 10.6 Å². The van der Waals surface area contributed by atoms with Crippen molar-refractivity contribution in [2.75, 3.05) is 5.32 Å². The smallest absolute Gasteiger partial charge is 0.271 e. The summed E-state index contributed by atoms with van der Waals surface area (Å²) in [7, 11) is 1.84. The molecule has 0 atom stereocenters. The number of amides is 2. The van der Waals surface area contributed by atoms with Gasteiger partial charge in [0, 0.05) is 42.8 Å². The quantitative estimate of drug-likeness (QED) is 0.656. The Hall–Kier alpha value is -3.00. The molecule has 27 heavy (non-hydrogen) atoms. The average Bonchev–Trinajstić information content (AvgIpc) is 3.29. The van der Waals surface area contributed by atoms with Crippen LogP contribution in [0.25, 0.3) is 10.6 Å². The van der Waals surface area contributed by atoms with E-state index in [9.17, 15) is 9.59 Å². The van der Waals surface area contributed by atoms with Gasteiger partial charge in [0.05, 0.1) is 6.20 Å². The van der Waals surface area contributed by atoms with E-state index in [0.29, 0.717) is 18.7 Å². The van der Waals surface area contributed by atoms with E-state index < -0.39 is 0 Å². The van der Waals surface area contributed by atoms with Gasteiger partial charge < -0.3 is 10.6 Å². The van der Waals surface area contributed by atoms with Crippen LogP contribution in [0.2, 0.25) is 0 Å². The molecule has 7 nitrogen and oxygen atoms in total. The highest BCUT2D eigenvalue weighted by Crippen LogP contribution is 2.23. The zero-order valence-corrected chi connectivity index (χ0v) is 16.0. The minimum Gasteiger partial charge on any atom is -0.347 e. The summed E-state index contributed by atoms with van der Waals surface area (Å²) in [5, 5.41) is 12.3. The van der Waals surface area contributed by atoms with Crippen molar-refractivity contribution in [2.45, 2.75) is 26.3 Å². The summed E-state index contributed by atoms with van der Waals surface area (Å²) in [5.74, 6) is -0.245. The van der Waals surface area contributed by atoms with Crippen LogP contribution in [0, 0.1) is 0 Å². The fraction of sp³-hybridized carbons (Fsp3) is 0.263. The van der Waals surface area contributed by atoms with E-state index in [4.69, 9.17) is 0 Å². The summed E-state index contributed by atoms with van der Waals surface area (Å²) >= 11 is 1.41. The number of aryl methyl sites for hydroxylation is 1. The lowest BCUT2D eigenvalue weighted by Gasteiger charge is -2.08. The third kappa shape index (κ3) is 5.01. The van der Waals surface area contributed by atoms with Gasteiger partial charge in [-0.25, -0.2) is 4.98 Å². The van der Waals surface area contributed by atoms with Crippen molar-refractivity contribution in [1.29, 1.82) is 0 Å². The van der Waals surface area contributed by atoms with E-state index >= 15 is 0 Å². The Morgan fingerprint density at radius 2 is 2.15 bits per heavy atom. The van der Waals surface area contributed by atoms with E-state index in [1.807, 2.05) is 44.4 Å². The maximum absolute atomic E-state index is 12.4. The minimum atomic E-state index is -0.234. The zero-order valence-electron chi connectivity index (χ0n) is 15.2. The van der Waals surface area contributed by atoms with Crippen molar-refractivity contribution in [1.82, 2.24) is 20.1 Å². The number of anilines is 1. The molecule has 0 aliphatic heterocycles. The lowest BCUT2D eigenvalue weighted by atomic mass is 10.2. The highest BCUT2D eigenvalue weighted by molar-refractivity contribution is 7.13. The summed E-state index contributed by atoms with van der Waals surface area (Å²) in [6, 6.07) is 7.44. The number of thiazole rings is 1. The van der Waals surface area contributed by atoms with Crippen molar-refractivity contribution in [3.05, 3.63) is 53.3 Å². The molecule has 0 aliphatic carbocycles. The van der Waals surface area contributed by atoms with E-state index in [0.717, 1.165) is 28.2 Å². The Morgan fingerprint density at radius 1 is 1.30 bits per heavy atom. The summed E-state index contributed by atoms with van der Waals surface area (Å²) in [4.78, 5) is 28.4. The first kappa shape index (κ1) is 18.8. The average molecular weight is 383 g/mol. The number of carbonyl (C=O) groups is 2. The van der Waals surface area contributed by atoms with Gasteiger partial charge in [0.1, 0.15) is 10.7 Å². The predicted molar refractivity (Wildman–Crippen MR) is 105 cm³/mol. The maximum Gasteiger partial charge on any atom is 0.271 e. The second-order valence-electron chi connectivity index (χ2n) is 6.12. The molecule has 0 aliphatic rings. The first-order chi connectivity index (χ1) is 13.0. The first-order valence-electron chi connectivity index (χ1n) is 8.66. The number of aromatic nitrogens is 3. The van der Waals surface area contributed by atoms with Gasteiger partial charge in [0.15, 0.2) is 0 Å². The molecule has 0 saturated carbocycles. The predicted octanol–water partition coefficient (Wildman–Crippen LogP) is 3.21. The number of rotatable bonds is 7. The fourth-order valence-corrected chi connectivity index (χ4v) is 3.30. The number of nitrogens with zero attached hydrogens (tertiary/aromatic N) is 3. The molecular weight excluding hydrogens is 362 g/mol. The Kier molecular flexibility index (Phi) is 5.97. The highest BCUT2D eigenvalue weighted by Gasteiger charge is 2.12. The van der Waals surface area contributed by atoms with Gasteiger partial charge in [-0.3, -0.25) is 14.3 Å². The van der Waals surface area contributed by atoms with Crippen LogP contribution >= 0.6 is 11.3 Å². The second-order valence-corrected chi connectivity index (χ2v) is 6.98. The molecule has 3 rings (SSSR count). The lowest BCUT2D eigenvalue weighted by Crippen LogP contribution is -2.23. The van der Waals surface area contributed by atoms with Gasteiger partial charge in [0.25, 0.3) is 5.91 Å². The maximum atomic E-state index is 12.4. The molecular formula is C19H21N5O2S. The number of hydrogen-bond acceptors (Lipinski definition) is 5. The third-order valence-electron chi connectivity index (χ3n) is 3.83. The summed E-state index contributed by atoms with van der Waals surface area (Å²) in [6.45, 7) is 2.32. The van der Waals surface area contributed by atoms with Crippen LogP contribution in [-0.4, -0.2) is 26.6 Å². The van der Waals surface area contributed by atoms with Gasteiger partial charge >= 0.3 is 0 Å². The number of benzene rings is 1. The molecule has 0 bridgehead atoms. The molecule has 2 N–H and O–H groups in total. The summed E-state index contributed by atoms with van der Waals surface area (Å²) in [5.41, 5.74) is 2.90. The SMILES string of the molecule is CCCC(=O)Nc1cccc(CNC(=O)c2csc(-c3cnn(C)c3)n2)c1. The van der Waals surface area contributed by atoms with E-state index in [1.165, 1.54) is 11.3 Å². The van der Waals surface area contributed by atoms with Crippen LogP contribution in [0.1, 0.15) is 35.8 Å². The van der Waals surface area contributed by atoms with Crippen LogP contribution in [0.3, 0.4) is 0 Å². The number of carbonyl (C=O) groups excluding carboxylic acids is 2. The van der Waals surface area contributed by atoms with Crippen LogP contribution in [-0.2, 0) is 18.4 Å². The zero-order chi connectivity index (χ0) is 19.2. The monoisotopic (exact) mass is 383 g/mol. The van der Waals surface area contributed by atoms with Gasteiger partial charge in [-0.2, -0.15) is 5.10 Å². The normalized spacial score (nSPS) is 10.6.